The van der Waals surface area contributed by atoms with Gasteiger partial charge in [0.05, 0.1) is 13.2 Å². The maximum absolute atomic E-state index is 10.7. The zero-order chi connectivity index (χ0) is 11.7. The SMILES string of the molecule is O=Cc1ccc2c(c1)OCC1(CO2)OCCO1. The molecule has 0 N–H and O–H groups in total. The van der Waals surface area contributed by atoms with E-state index < -0.39 is 5.79 Å². The van der Waals surface area contributed by atoms with Crippen molar-refractivity contribution in [1.29, 1.82) is 0 Å². The summed E-state index contributed by atoms with van der Waals surface area (Å²) < 4.78 is 22.2. The normalized spacial score (nSPS) is 21.2. The molecular weight excluding hydrogens is 224 g/mol. The smallest absolute Gasteiger partial charge is 0.238 e. The predicted octanol–water partition coefficient (Wildman–Crippen LogP) is 1.01. The fourth-order valence-electron chi connectivity index (χ4n) is 1.91. The molecule has 1 fully saturated rings. The van der Waals surface area contributed by atoms with Crippen molar-refractivity contribution >= 4 is 6.29 Å². The first kappa shape index (κ1) is 10.6. The third-order valence-corrected chi connectivity index (χ3v) is 2.81. The molecule has 5 heteroatoms. The third kappa shape index (κ3) is 1.87. The van der Waals surface area contributed by atoms with Gasteiger partial charge in [-0.3, -0.25) is 4.79 Å². The molecule has 2 aliphatic rings. The molecule has 0 aliphatic carbocycles. The lowest BCUT2D eigenvalue weighted by Gasteiger charge is -2.23. The highest BCUT2D eigenvalue weighted by Gasteiger charge is 2.40. The summed E-state index contributed by atoms with van der Waals surface area (Å²) in [6, 6.07) is 5.05. The van der Waals surface area contributed by atoms with Crippen LogP contribution < -0.4 is 9.47 Å². The van der Waals surface area contributed by atoms with Gasteiger partial charge in [-0.25, -0.2) is 0 Å². The van der Waals surface area contributed by atoms with E-state index >= 15 is 0 Å². The zero-order valence-electron chi connectivity index (χ0n) is 9.18. The minimum Gasteiger partial charge on any atom is -0.484 e. The van der Waals surface area contributed by atoms with Crippen molar-refractivity contribution < 1.29 is 23.7 Å². The molecule has 0 unspecified atom stereocenters. The van der Waals surface area contributed by atoms with Crippen molar-refractivity contribution in [2.45, 2.75) is 5.79 Å². The first-order chi connectivity index (χ1) is 8.31. The van der Waals surface area contributed by atoms with Crippen molar-refractivity contribution in [3.63, 3.8) is 0 Å². The first-order valence-electron chi connectivity index (χ1n) is 5.44. The summed E-state index contributed by atoms with van der Waals surface area (Å²) in [5, 5.41) is 0. The highest BCUT2D eigenvalue weighted by atomic mass is 16.8. The Labute approximate surface area is 98.2 Å². The quantitative estimate of drug-likeness (QED) is 0.681. The lowest BCUT2D eigenvalue weighted by Crippen LogP contribution is -2.41. The van der Waals surface area contributed by atoms with E-state index in [0.29, 0.717) is 36.9 Å². The molecule has 0 saturated carbocycles. The van der Waals surface area contributed by atoms with Gasteiger partial charge in [-0.2, -0.15) is 0 Å². The van der Waals surface area contributed by atoms with E-state index in [9.17, 15) is 4.79 Å². The molecule has 3 rings (SSSR count). The van der Waals surface area contributed by atoms with Crippen LogP contribution in [0.5, 0.6) is 11.5 Å². The Morgan fingerprint density at radius 1 is 1.06 bits per heavy atom. The largest absolute Gasteiger partial charge is 0.484 e. The van der Waals surface area contributed by atoms with Crippen LogP contribution in [0.2, 0.25) is 0 Å². The Morgan fingerprint density at radius 2 is 1.76 bits per heavy atom. The molecule has 0 aromatic heterocycles. The summed E-state index contributed by atoms with van der Waals surface area (Å²) in [5.74, 6) is 0.345. The van der Waals surface area contributed by atoms with E-state index in [2.05, 4.69) is 0 Å². The number of fused-ring (bicyclic) bond motifs is 1. The van der Waals surface area contributed by atoms with Gasteiger partial charge in [0.25, 0.3) is 0 Å². The zero-order valence-corrected chi connectivity index (χ0v) is 9.18. The molecule has 5 nitrogen and oxygen atoms in total. The molecule has 1 aromatic carbocycles. The second-order valence-corrected chi connectivity index (χ2v) is 4.01. The standard InChI is InChI=1S/C12H12O5/c13-6-9-1-2-10-11(5-9)15-8-12(7-14-10)16-3-4-17-12/h1-2,5-6H,3-4,7-8H2. The fraction of sp³-hybridized carbons (Fsp3) is 0.417. The number of carbonyl (C=O) groups excluding carboxylic acids is 1. The number of ether oxygens (including phenoxy) is 4. The highest BCUT2D eigenvalue weighted by molar-refractivity contribution is 5.76. The number of benzene rings is 1. The highest BCUT2D eigenvalue weighted by Crippen LogP contribution is 2.34. The number of aldehydes is 1. The van der Waals surface area contributed by atoms with Gasteiger partial charge < -0.3 is 18.9 Å². The Kier molecular flexibility index (Phi) is 2.49. The molecule has 17 heavy (non-hydrogen) atoms. The van der Waals surface area contributed by atoms with Crippen molar-refractivity contribution in [2.24, 2.45) is 0 Å². The molecule has 0 atom stereocenters. The summed E-state index contributed by atoms with van der Waals surface area (Å²) in [7, 11) is 0. The summed E-state index contributed by atoms with van der Waals surface area (Å²) in [5.41, 5.74) is 0.552. The minimum atomic E-state index is -0.805. The van der Waals surface area contributed by atoms with Gasteiger partial charge in [0.1, 0.15) is 19.5 Å². The minimum absolute atomic E-state index is 0.266. The van der Waals surface area contributed by atoms with E-state index in [-0.39, 0.29) is 6.61 Å². The summed E-state index contributed by atoms with van der Waals surface area (Å²) >= 11 is 0. The maximum Gasteiger partial charge on any atom is 0.238 e. The van der Waals surface area contributed by atoms with Gasteiger partial charge in [-0.05, 0) is 18.2 Å². The van der Waals surface area contributed by atoms with Crippen LogP contribution in [0.4, 0.5) is 0 Å². The van der Waals surface area contributed by atoms with Gasteiger partial charge in [0, 0.05) is 5.56 Å². The average Bonchev–Trinajstić information content (AvgIpc) is 2.75. The van der Waals surface area contributed by atoms with Crippen LogP contribution in [0.3, 0.4) is 0 Å². The molecule has 0 radical (unpaired) electrons. The van der Waals surface area contributed by atoms with Gasteiger partial charge in [-0.15, -0.1) is 0 Å². The number of rotatable bonds is 1. The summed E-state index contributed by atoms with van der Waals surface area (Å²) in [6.07, 6.45) is 0.771. The van der Waals surface area contributed by atoms with Crippen LogP contribution in [0.25, 0.3) is 0 Å². The molecule has 1 saturated heterocycles. The molecule has 1 spiro atoms. The molecular formula is C12H12O5. The Bertz CT molecular complexity index is 437. The molecule has 2 aliphatic heterocycles. The second kappa shape index (κ2) is 4.01. The average molecular weight is 236 g/mol. The molecule has 1 aromatic rings. The lowest BCUT2D eigenvalue weighted by atomic mass is 10.2. The van der Waals surface area contributed by atoms with Gasteiger partial charge in [0.2, 0.25) is 5.79 Å². The molecule has 90 valence electrons. The lowest BCUT2D eigenvalue weighted by molar-refractivity contribution is -0.189. The van der Waals surface area contributed by atoms with Gasteiger partial charge in [-0.1, -0.05) is 0 Å². The van der Waals surface area contributed by atoms with E-state index in [0.717, 1.165) is 6.29 Å². The number of hydrogen-bond donors (Lipinski definition) is 0. The van der Waals surface area contributed by atoms with Crippen LogP contribution in [0.15, 0.2) is 18.2 Å². The van der Waals surface area contributed by atoms with Crippen LogP contribution >= 0.6 is 0 Å². The number of hydrogen-bond acceptors (Lipinski definition) is 5. The predicted molar refractivity (Wildman–Crippen MR) is 57.5 cm³/mol. The van der Waals surface area contributed by atoms with Crippen LogP contribution in [0, 0.1) is 0 Å². The monoisotopic (exact) mass is 236 g/mol. The van der Waals surface area contributed by atoms with Crippen LogP contribution in [-0.2, 0) is 9.47 Å². The Balaban J connectivity index is 1.86. The third-order valence-electron chi connectivity index (χ3n) is 2.81. The van der Waals surface area contributed by atoms with Crippen molar-refractivity contribution in [1.82, 2.24) is 0 Å². The van der Waals surface area contributed by atoms with Crippen LogP contribution in [0.1, 0.15) is 10.4 Å². The molecule has 0 amide bonds. The topological polar surface area (TPSA) is 54.0 Å². The molecule has 0 bridgehead atoms. The van der Waals surface area contributed by atoms with E-state index in [4.69, 9.17) is 18.9 Å². The van der Waals surface area contributed by atoms with Crippen molar-refractivity contribution in [3.8, 4) is 11.5 Å². The summed E-state index contributed by atoms with van der Waals surface area (Å²) in [6.45, 7) is 1.65. The number of carbonyl (C=O) groups is 1. The Hall–Kier alpha value is -1.59. The van der Waals surface area contributed by atoms with Crippen LogP contribution in [-0.4, -0.2) is 38.5 Å². The van der Waals surface area contributed by atoms with Gasteiger partial charge >= 0.3 is 0 Å². The second-order valence-electron chi connectivity index (χ2n) is 4.01. The van der Waals surface area contributed by atoms with E-state index in [1.165, 1.54) is 0 Å². The molecule has 2 heterocycles. The van der Waals surface area contributed by atoms with Crippen molar-refractivity contribution in [3.05, 3.63) is 23.8 Å². The van der Waals surface area contributed by atoms with Gasteiger partial charge in [0.15, 0.2) is 11.5 Å². The maximum atomic E-state index is 10.7. The summed E-state index contributed by atoms with van der Waals surface area (Å²) in [4.78, 5) is 10.7. The Morgan fingerprint density at radius 3 is 2.47 bits per heavy atom. The van der Waals surface area contributed by atoms with Crippen molar-refractivity contribution in [2.75, 3.05) is 26.4 Å². The first-order valence-corrected chi connectivity index (χ1v) is 5.44. The van der Waals surface area contributed by atoms with E-state index in [1.807, 2.05) is 0 Å². The fourth-order valence-corrected chi connectivity index (χ4v) is 1.91. The van der Waals surface area contributed by atoms with E-state index in [1.54, 1.807) is 18.2 Å².